The Balaban J connectivity index is 0.000000210. The molecule has 0 fully saturated rings. The number of pyridine rings is 2. The van der Waals surface area contributed by atoms with Gasteiger partial charge in [-0.05, 0) is 110 Å². The highest BCUT2D eigenvalue weighted by atomic mass is 79.9. The van der Waals surface area contributed by atoms with Gasteiger partial charge >= 0.3 is 0 Å². The fourth-order valence-electron chi connectivity index (χ4n) is 4.85. The summed E-state index contributed by atoms with van der Waals surface area (Å²) < 4.78 is 16.7. The monoisotopic (exact) mass is 838 g/mol. The van der Waals surface area contributed by atoms with Crippen molar-refractivity contribution in [1.82, 2.24) is 29.5 Å². The van der Waals surface area contributed by atoms with Gasteiger partial charge in [0.1, 0.15) is 0 Å². The molecule has 2 aromatic carbocycles. The smallest absolute Gasteiger partial charge is 0.280 e. The molecule has 264 valence electrons. The van der Waals surface area contributed by atoms with Crippen LogP contribution in [0.3, 0.4) is 0 Å². The van der Waals surface area contributed by atoms with Crippen LogP contribution in [0, 0.1) is 36.5 Å². The second kappa shape index (κ2) is 16.9. The van der Waals surface area contributed by atoms with Gasteiger partial charge in [-0.2, -0.15) is 20.3 Å². The van der Waals surface area contributed by atoms with E-state index in [2.05, 4.69) is 83.8 Å². The van der Waals surface area contributed by atoms with Crippen LogP contribution >= 0.6 is 31.9 Å². The Morgan fingerprint density at radius 3 is 1.88 bits per heavy atom. The summed E-state index contributed by atoms with van der Waals surface area (Å²) in [6.45, 7) is 11.7. The lowest BCUT2D eigenvalue weighted by atomic mass is 10.1. The topological polar surface area (TPSA) is 147 Å². The standard InChI is InChI=1S/C22H25BrN4O2Si.C16H11BrN4O/c1-16-11-21(25-14-20(16)23)27-22(29-15-28-9-10-30(2,3)4)19(13-26-27)18-7-5-17(12-24)6-8-18;1-10-6-15(19-9-14(10)17)21-16(22)13(8-20-21)12-4-2-11(7-18)3-5-12/h5-8,11,13-14H,9-10,15H2,1-4H3;2-6,8-9,20H,1H3. The average Bonchev–Trinajstić information content (AvgIpc) is 3.74. The van der Waals surface area contributed by atoms with Crippen molar-refractivity contribution in [3.63, 3.8) is 0 Å². The van der Waals surface area contributed by atoms with Crippen molar-refractivity contribution in [1.29, 1.82) is 10.5 Å². The first-order valence-electron chi connectivity index (χ1n) is 16.2. The highest BCUT2D eigenvalue weighted by Gasteiger charge is 2.18. The van der Waals surface area contributed by atoms with Crippen LogP contribution in [-0.4, -0.2) is 51.0 Å². The maximum Gasteiger partial charge on any atom is 0.280 e. The number of hydrogen-bond acceptors (Lipinski definition) is 8. The molecule has 14 heteroatoms. The first-order chi connectivity index (χ1) is 24.9. The van der Waals surface area contributed by atoms with Gasteiger partial charge in [0.2, 0.25) is 5.88 Å². The lowest BCUT2D eigenvalue weighted by Crippen LogP contribution is -2.22. The fourth-order valence-corrected chi connectivity index (χ4v) is 6.05. The third kappa shape index (κ3) is 9.40. The van der Waals surface area contributed by atoms with Gasteiger partial charge < -0.3 is 9.47 Å². The molecule has 0 amide bonds. The van der Waals surface area contributed by atoms with E-state index in [1.54, 1.807) is 65.9 Å². The van der Waals surface area contributed by atoms with E-state index in [1.807, 2.05) is 38.1 Å². The van der Waals surface area contributed by atoms with Gasteiger partial charge in [-0.15, -0.1) is 0 Å². The van der Waals surface area contributed by atoms with Crippen LogP contribution in [0.2, 0.25) is 25.7 Å². The number of ether oxygens (including phenoxy) is 2. The summed E-state index contributed by atoms with van der Waals surface area (Å²) in [5.41, 5.74) is 6.04. The molecular formula is C38H36Br2N8O3Si. The van der Waals surface area contributed by atoms with Gasteiger partial charge in [-0.3, -0.25) is 9.89 Å². The molecular weight excluding hydrogens is 804 g/mol. The molecule has 0 aliphatic rings. The van der Waals surface area contributed by atoms with Crippen molar-refractivity contribution >= 4 is 39.9 Å². The minimum Gasteiger partial charge on any atom is -0.450 e. The maximum absolute atomic E-state index is 12.5. The molecule has 1 N–H and O–H groups in total. The molecule has 6 aromatic rings. The molecule has 4 aromatic heterocycles. The third-order valence-electron chi connectivity index (χ3n) is 7.93. The van der Waals surface area contributed by atoms with E-state index in [-0.39, 0.29) is 12.4 Å². The molecule has 52 heavy (non-hydrogen) atoms. The number of benzene rings is 2. The zero-order chi connectivity index (χ0) is 37.4. The van der Waals surface area contributed by atoms with E-state index < -0.39 is 8.07 Å². The lowest BCUT2D eigenvalue weighted by Gasteiger charge is -2.16. The summed E-state index contributed by atoms with van der Waals surface area (Å²) in [6, 6.07) is 23.3. The first kappa shape index (κ1) is 38.1. The second-order valence-electron chi connectivity index (χ2n) is 13.0. The molecule has 0 atom stereocenters. The van der Waals surface area contributed by atoms with Gasteiger partial charge in [-0.25, -0.2) is 14.6 Å². The molecule has 11 nitrogen and oxygen atoms in total. The quantitative estimate of drug-likeness (QED) is 0.0819. The number of hydrogen-bond donors (Lipinski definition) is 1. The number of halogens is 2. The van der Waals surface area contributed by atoms with E-state index in [0.29, 0.717) is 40.8 Å². The number of nitriles is 2. The minimum atomic E-state index is -1.16. The van der Waals surface area contributed by atoms with Gasteiger partial charge in [-0.1, -0.05) is 43.9 Å². The van der Waals surface area contributed by atoms with Gasteiger partial charge in [0.15, 0.2) is 18.4 Å². The van der Waals surface area contributed by atoms with Gasteiger partial charge in [0.25, 0.3) is 5.56 Å². The Kier molecular flexibility index (Phi) is 12.4. The van der Waals surface area contributed by atoms with Crippen molar-refractivity contribution in [2.75, 3.05) is 13.4 Å². The predicted molar refractivity (Wildman–Crippen MR) is 210 cm³/mol. The second-order valence-corrected chi connectivity index (χ2v) is 20.4. The Morgan fingerprint density at radius 1 is 0.808 bits per heavy atom. The number of nitrogens with zero attached hydrogens (tertiary/aromatic N) is 7. The fraction of sp³-hybridized carbons (Fsp3) is 0.211. The van der Waals surface area contributed by atoms with E-state index in [0.717, 1.165) is 42.8 Å². The van der Waals surface area contributed by atoms with E-state index in [1.165, 1.54) is 4.68 Å². The predicted octanol–water partition coefficient (Wildman–Crippen LogP) is 8.74. The van der Waals surface area contributed by atoms with Crippen LogP contribution in [0.5, 0.6) is 5.88 Å². The molecule has 0 saturated carbocycles. The minimum absolute atomic E-state index is 0.134. The van der Waals surface area contributed by atoms with Crippen LogP contribution in [-0.2, 0) is 4.74 Å². The highest BCUT2D eigenvalue weighted by molar-refractivity contribution is 9.10. The summed E-state index contributed by atoms with van der Waals surface area (Å²) >= 11 is 6.87. The van der Waals surface area contributed by atoms with Gasteiger partial charge in [0.05, 0.1) is 40.6 Å². The Bertz CT molecular complexity index is 2310. The molecule has 0 bridgehead atoms. The maximum atomic E-state index is 12.5. The molecule has 0 aliphatic heterocycles. The summed E-state index contributed by atoms with van der Waals surface area (Å²) in [6.07, 6.45) is 6.81. The Hall–Kier alpha value is -5.12. The molecule has 0 aliphatic carbocycles. The number of nitrogens with one attached hydrogen (secondary N) is 1. The molecule has 0 spiro atoms. The zero-order valence-corrected chi connectivity index (χ0v) is 33.5. The van der Waals surface area contributed by atoms with Crippen LogP contribution in [0.4, 0.5) is 0 Å². The Labute approximate surface area is 319 Å². The summed E-state index contributed by atoms with van der Waals surface area (Å²) in [5, 5.41) is 25.3. The number of rotatable bonds is 10. The van der Waals surface area contributed by atoms with E-state index in [9.17, 15) is 4.79 Å². The molecule has 0 saturated heterocycles. The van der Waals surface area contributed by atoms with Crippen LogP contribution in [0.1, 0.15) is 22.3 Å². The van der Waals surface area contributed by atoms with Crippen molar-refractivity contribution in [3.05, 3.63) is 127 Å². The zero-order valence-electron chi connectivity index (χ0n) is 29.3. The Morgan fingerprint density at radius 2 is 1.35 bits per heavy atom. The number of aryl methyl sites for hydroxylation is 2. The largest absolute Gasteiger partial charge is 0.450 e. The molecule has 0 unspecified atom stereocenters. The summed E-state index contributed by atoms with van der Waals surface area (Å²) in [4.78, 5) is 21.3. The van der Waals surface area contributed by atoms with E-state index >= 15 is 0 Å². The van der Waals surface area contributed by atoms with Crippen LogP contribution in [0.25, 0.3) is 33.9 Å². The average molecular weight is 841 g/mol. The third-order valence-corrected chi connectivity index (χ3v) is 11.3. The molecule has 6 rings (SSSR count). The first-order valence-corrected chi connectivity index (χ1v) is 21.5. The van der Waals surface area contributed by atoms with Crippen molar-refractivity contribution < 1.29 is 9.47 Å². The number of aromatic amines is 1. The highest BCUT2D eigenvalue weighted by Crippen LogP contribution is 2.32. The van der Waals surface area contributed by atoms with Gasteiger partial charge in [0, 0.05) is 42.2 Å². The van der Waals surface area contributed by atoms with Crippen molar-refractivity contribution in [2.45, 2.75) is 39.5 Å². The van der Waals surface area contributed by atoms with Crippen molar-refractivity contribution in [2.24, 2.45) is 0 Å². The molecule has 4 heterocycles. The summed E-state index contributed by atoms with van der Waals surface area (Å²) in [7, 11) is -1.16. The van der Waals surface area contributed by atoms with E-state index in [4.69, 9.17) is 20.0 Å². The van der Waals surface area contributed by atoms with Crippen molar-refractivity contribution in [3.8, 4) is 51.9 Å². The SMILES string of the molecule is Cc1cc(-n2[nH]cc(-c3ccc(C#N)cc3)c2=O)ncc1Br.Cc1cc(-n2ncc(-c3ccc(C#N)cc3)c2OCOCC[Si](C)(C)C)ncc1Br. The number of aromatic nitrogens is 6. The normalized spacial score (nSPS) is 10.9. The summed E-state index contributed by atoms with van der Waals surface area (Å²) in [5.74, 6) is 1.75. The van der Waals surface area contributed by atoms with Crippen LogP contribution < -0.4 is 10.3 Å². The molecule has 0 radical (unpaired) electrons. The number of H-pyrrole nitrogens is 1. The van der Waals surface area contributed by atoms with Crippen LogP contribution in [0.15, 0.2) is 99.2 Å². The lowest BCUT2D eigenvalue weighted by molar-refractivity contribution is 0.0181.